The number of ether oxygens (including phenoxy) is 1. The number of halogens is 1. The normalized spacial score (nSPS) is 18.1. The van der Waals surface area contributed by atoms with Gasteiger partial charge in [-0.2, -0.15) is 0 Å². The molecule has 1 aliphatic heterocycles. The van der Waals surface area contributed by atoms with Crippen molar-refractivity contribution in [1.82, 2.24) is 20.2 Å². The Bertz CT molecular complexity index is 1200. The molecule has 1 aliphatic rings. The molecule has 2 aromatic heterocycles. The largest absolute Gasteiger partial charge is 0.496 e. The predicted octanol–water partition coefficient (Wildman–Crippen LogP) is 2.14. The Labute approximate surface area is 174 Å². The second-order valence-electron chi connectivity index (χ2n) is 6.43. The number of nitrogens with one attached hydrogen (secondary N) is 2. The van der Waals surface area contributed by atoms with Crippen LogP contribution in [-0.2, 0) is 11.3 Å². The lowest BCUT2D eigenvalue weighted by Crippen LogP contribution is -2.49. The van der Waals surface area contributed by atoms with Crippen LogP contribution in [0.4, 0.5) is 4.79 Å². The summed E-state index contributed by atoms with van der Waals surface area (Å²) in [4.78, 5) is 28.4. The Morgan fingerprint density at radius 1 is 1.34 bits per heavy atom. The van der Waals surface area contributed by atoms with Gasteiger partial charge in [0.05, 0.1) is 23.5 Å². The van der Waals surface area contributed by atoms with E-state index in [4.69, 9.17) is 4.74 Å². The third kappa shape index (κ3) is 3.28. The standard InChI is InChI=1S/C20H15BrN4O4/c1-29-14-5-4-13-10-25(17(26)15(13)16(14)21)11-20(18(27)23-19(28)24-20)7-6-12-3-2-8-22-9-12/h2-5,8-10,26H,11H2,1H3,(H2,23,24,27,28). The molecule has 1 unspecified atom stereocenters. The van der Waals surface area contributed by atoms with Gasteiger partial charge in [0, 0.05) is 29.5 Å². The fraction of sp³-hybridized carbons (Fsp3) is 0.150. The molecule has 0 aliphatic carbocycles. The molecule has 1 fully saturated rings. The number of urea groups is 1. The van der Waals surface area contributed by atoms with Crippen LogP contribution in [0.1, 0.15) is 5.56 Å². The topological polar surface area (TPSA) is 105 Å². The smallest absolute Gasteiger partial charge is 0.323 e. The fourth-order valence-corrected chi connectivity index (χ4v) is 3.86. The molecule has 146 valence electrons. The van der Waals surface area contributed by atoms with E-state index in [2.05, 4.69) is 43.4 Å². The van der Waals surface area contributed by atoms with Gasteiger partial charge in [0.15, 0.2) is 5.88 Å². The van der Waals surface area contributed by atoms with Crippen molar-refractivity contribution in [3.8, 4) is 23.5 Å². The maximum absolute atomic E-state index is 12.6. The number of aromatic hydroxyl groups is 1. The first kappa shape index (κ1) is 18.8. The van der Waals surface area contributed by atoms with Crippen LogP contribution < -0.4 is 15.4 Å². The molecule has 3 aromatic rings. The lowest BCUT2D eigenvalue weighted by atomic mass is 10.00. The molecule has 3 heterocycles. The van der Waals surface area contributed by atoms with Crippen LogP contribution in [-0.4, -0.2) is 39.2 Å². The molecule has 0 radical (unpaired) electrons. The molecule has 29 heavy (non-hydrogen) atoms. The summed E-state index contributed by atoms with van der Waals surface area (Å²) >= 11 is 3.43. The van der Waals surface area contributed by atoms with E-state index >= 15 is 0 Å². The van der Waals surface area contributed by atoms with Crippen LogP contribution >= 0.6 is 15.9 Å². The van der Waals surface area contributed by atoms with Gasteiger partial charge in [-0.25, -0.2) is 4.79 Å². The first-order chi connectivity index (χ1) is 13.9. The van der Waals surface area contributed by atoms with Crippen molar-refractivity contribution in [2.75, 3.05) is 7.11 Å². The van der Waals surface area contributed by atoms with E-state index < -0.39 is 17.5 Å². The molecule has 8 nitrogen and oxygen atoms in total. The number of hydrogen-bond acceptors (Lipinski definition) is 5. The van der Waals surface area contributed by atoms with Gasteiger partial charge < -0.3 is 19.7 Å². The van der Waals surface area contributed by atoms with Gasteiger partial charge in [-0.05, 0) is 40.2 Å². The summed E-state index contributed by atoms with van der Waals surface area (Å²) in [6.07, 6.45) is 4.85. The SMILES string of the molecule is COc1ccc2cn(CC3(C#Cc4cccnc4)NC(=O)NC3=O)c(O)c2c1Br. The molecule has 3 amide bonds. The van der Waals surface area contributed by atoms with E-state index in [1.165, 1.54) is 11.7 Å². The second-order valence-corrected chi connectivity index (χ2v) is 7.22. The average Bonchev–Trinajstić information content (AvgIpc) is 3.17. The van der Waals surface area contributed by atoms with Gasteiger partial charge in [-0.15, -0.1) is 0 Å². The van der Waals surface area contributed by atoms with Gasteiger partial charge in [0.2, 0.25) is 5.54 Å². The van der Waals surface area contributed by atoms with E-state index in [0.29, 0.717) is 21.2 Å². The monoisotopic (exact) mass is 454 g/mol. The van der Waals surface area contributed by atoms with Crippen molar-refractivity contribution in [2.24, 2.45) is 0 Å². The van der Waals surface area contributed by atoms with Crippen molar-refractivity contribution in [3.05, 3.63) is 52.9 Å². The average molecular weight is 455 g/mol. The Balaban J connectivity index is 1.79. The van der Waals surface area contributed by atoms with Crippen molar-refractivity contribution < 1.29 is 19.4 Å². The Morgan fingerprint density at radius 3 is 2.83 bits per heavy atom. The number of rotatable bonds is 3. The van der Waals surface area contributed by atoms with E-state index in [0.717, 1.165) is 5.39 Å². The predicted molar refractivity (Wildman–Crippen MR) is 108 cm³/mol. The molecular formula is C20H15BrN4O4. The molecule has 0 bridgehead atoms. The molecule has 4 rings (SSSR count). The Morgan fingerprint density at radius 2 is 2.17 bits per heavy atom. The lowest BCUT2D eigenvalue weighted by Gasteiger charge is -2.20. The van der Waals surface area contributed by atoms with Crippen molar-refractivity contribution in [2.45, 2.75) is 12.1 Å². The number of amides is 3. The zero-order valence-electron chi connectivity index (χ0n) is 15.2. The Kier molecular flexibility index (Phi) is 4.64. The van der Waals surface area contributed by atoms with Crippen LogP contribution in [0.3, 0.4) is 0 Å². The van der Waals surface area contributed by atoms with E-state index in [1.807, 2.05) is 0 Å². The number of fused-ring (bicyclic) bond motifs is 1. The lowest BCUT2D eigenvalue weighted by molar-refractivity contribution is -0.122. The summed E-state index contributed by atoms with van der Waals surface area (Å²) in [5.74, 6) is 5.60. The summed E-state index contributed by atoms with van der Waals surface area (Å²) in [6.45, 7) is -0.0902. The quantitative estimate of drug-likeness (QED) is 0.415. The first-order valence-corrected chi connectivity index (χ1v) is 9.34. The van der Waals surface area contributed by atoms with E-state index in [1.54, 1.807) is 42.9 Å². The van der Waals surface area contributed by atoms with Crippen molar-refractivity contribution >= 4 is 38.6 Å². The highest BCUT2D eigenvalue weighted by Crippen LogP contribution is 2.39. The molecule has 1 atom stereocenters. The minimum Gasteiger partial charge on any atom is -0.496 e. The fourth-order valence-electron chi connectivity index (χ4n) is 3.16. The van der Waals surface area contributed by atoms with Crippen LogP contribution in [0, 0.1) is 11.8 Å². The molecule has 9 heteroatoms. The Hall–Kier alpha value is -3.51. The molecule has 1 aromatic carbocycles. The summed E-state index contributed by atoms with van der Waals surface area (Å²) in [5.41, 5.74) is -0.953. The molecule has 3 N–H and O–H groups in total. The highest BCUT2D eigenvalue weighted by atomic mass is 79.9. The number of methoxy groups -OCH3 is 1. The van der Waals surface area contributed by atoms with Gasteiger partial charge >= 0.3 is 6.03 Å². The van der Waals surface area contributed by atoms with E-state index in [9.17, 15) is 14.7 Å². The minimum atomic E-state index is -1.55. The highest BCUT2D eigenvalue weighted by molar-refractivity contribution is 9.10. The first-order valence-electron chi connectivity index (χ1n) is 8.54. The minimum absolute atomic E-state index is 0.0812. The summed E-state index contributed by atoms with van der Waals surface area (Å²) in [5, 5.41) is 16.8. The zero-order chi connectivity index (χ0) is 20.6. The second kappa shape index (κ2) is 7.14. The van der Waals surface area contributed by atoms with Gasteiger partial charge in [0.25, 0.3) is 5.91 Å². The maximum Gasteiger partial charge on any atom is 0.323 e. The maximum atomic E-state index is 12.6. The number of carbonyl (C=O) groups excluding carboxylic acids is 2. The van der Waals surface area contributed by atoms with Crippen LogP contribution in [0.25, 0.3) is 10.8 Å². The molecule has 0 spiro atoms. The summed E-state index contributed by atoms with van der Waals surface area (Å²) in [7, 11) is 1.53. The number of nitrogens with zero attached hydrogens (tertiary/aromatic N) is 2. The van der Waals surface area contributed by atoms with Gasteiger partial charge in [-0.1, -0.05) is 11.8 Å². The van der Waals surface area contributed by atoms with Crippen molar-refractivity contribution in [3.63, 3.8) is 0 Å². The number of pyridine rings is 1. The number of aromatic nitrogens is 2. The van der Waals surface area contributed by atoms with Gasteiger partial charge in [-0.3, -0.25) is 15.1 Å². The zero-order valence-corrected chi connectivity index (χ0v) is 16.8. The third-order valence-electron chi connectivity index (χ3n) is 4.58. The molecule has 0 saturated carbocycles. The van der Waals surface area contributed by atoms with Crippen LogP contribution in [0.5, 0.6) is 11.6 Å². The number of hydrogen-bond donors (Lipinski definition) is 3. The third-order valence-corrected chi connectivity index (χ3v) is 5.37. The molecular weight excluding hydrogens is 440 g/mol. The van der Waals surface area contributed by atoms with Crippen LogP contribution in [0.2, 0.25) is 0 Å². The van der Waals surface area contributed by atoms with E-state index in [-0.39, 0.29) is 12.4 Å². The number of imide groups is 1. The summed E-state index contributed by atoms with van der Waals surface area (Å²) in [6, 6.07) is 6.37. The number of benzene rings is 1. The van der Waals surface area contributed by atoms with Crippen molar-refractivity contribution in [1.29, 1.82) is 0 Å². The highest BCUT2D eigenvalue weighted by Gasteiger charge is 2.46. The number of carbonyl (C=O) groups is 2. The van der Waals surface area contributed by atoms with Crippen LogP contribution in [0.15, 0.2) is 47.3 Å². The summed E-state index contributed by atoms with van der Waals surface area (Å²) < 4.78 is 7.33. The van der Waals surface area contributed by atoms with Gasteiger partial charge in [0.1, 0.15) is 5.75 Å². The molecule has 1 saturated heterocycles.